The van der Waals surface area contributed by atoms with Crippen LogP contribution in [0.2, 0.25) is 0 Å². The molecule has 0 unspecified atom stereocenters. The molecule has 3 heterocycles. The molecule has 4 rings (SSSR count). The summed E-state index contributed by atoms with van der Waals surface area (Å²) in [4.78, 5) is 36.5. The minimum absolute atomic E-state index is 0.207. The zero-order valence-corrected chi connectivity index (χ0v) is 22.5. The number of anilines is 1. The molecule has 0 aliphatic carbocycles. The number of guanidine groups is 1. The van der Waals surface area contributed by atoms with E-state index in [0.29, 0.717) is 61.2 Å². The Kier molecular flexibility index (Phi) is 8.92. The standard InChI is InChI=1S/C25H35N9O4/c1-32(2)11-6-14-37-19-8-7-18-20(21(19)36-5)30-24(34-13-10-26-22(18)34)31-25(35)38-17-15-28-23(29-16-17)27-9-12-33(3)4/h7-8,15-16H,6,9-14H2,1-5H3,(H,27,28,29)(H,30,31,35). The Morgan fingerprint density at radius 2 is 1.87 bits per heavy atom. The predicted molar refractivity (Wildman–Crippen MR) is 145 cm³/mol. The number of likely N-dealkylation sites (N-methyl/N-ethyl adjacent to an activating group) is 1. The zero-order chi connectivity index (χ0) is 27.1. The second kappa shape index (κ2) is 12.5. The van der Waals surface area contributed by atoms with Crippen molar-refractivity contribution < 1.29 is 19.0 Å². The van der Waals surface area contributed by atoms with Crippen molar-refractivity contribution in [3.63, 3.8) is 0 Å². The molecule has 2 aliphatic rings. The summed E-state index contributed by atoms with van der Waals surface area (Å²) in [6.07, 6.45) is 3.03. The maximum Gasteiger partial charge on any atom is 0.419 e. The van der Waals surface area contributed by atoms with Gasteiger partial charge in [0.15, 0.2) is 17.2 Å². The topological polar surface area (TPSA) is 129 Å². The first kappa shape index (κ1) is 27.1. The third-order valence-corrected chi connectivity index (χ3v) is 5.76. The number of aliphatic imine (C=N–C) groups is 2. The van der Waals surface area contributed by atoms with Crippen LogP contribution in [-0.4, -0.2) is 117 Å². The van der Waals surface area contributed by atoms with Crippen molar-refractivity contribution in [2.45, 2.75) is 6.42 Å². The van der Waals surface area contributed by atoms with E-state index in [2.05, 4.69) is 30.5 Å². The van der Waals surface area contributed by atoms with Crippen LogP contribution < -0.4 is 24.8 Å². The van der Waals surface area contributed by atoms with Crippen molar-refractivity contribution >= 4 is 29.5 Å². The highest BCUT2D eigenvalue weighted by Crippen LogP contribution is 2.43. The van der Waals surface area contributed by atoms with Gasteiger partial charge in [-0.3, -0.25) is 15.2 Å². The molecule has 1 aromatic carbocycles. The average molecular weight is 526 g/mol. The van der Waals surface area contributed by atoms with Gasteiger partial charge in [-0.15, -0.1) is 0 Å². The molecule has 2 aromatic rings. The fraction of sp³-hybridized carbons (Fsp3) is 0.480. The number of carbonyl (C=O) groups is 1. The lowest BCUT2D eigenvalue weighted by Crippen LogP contribution is -2.48. The smallest absolute Gasteiger partial charge is 0.419 e. The predicted octanol–water partition coefficient (Wildman–Crippen LogP) is 1.64. The fourth-order valence-corrected chi connectivity index (χ4v) is 3.94. The monoisotopic (exact) mass is 525 g/mol. The van der Waals surface area contributed by atoms with Crippen LogP contribution in [0.4, 0.5) is 16.4 Å². The fourth-order valence-electron chi connectivity index (χ4n) is 3.94. The maximum absolute atomic E-state index is 12.7. The number of methoxy groups -OCH3 is 1. The molecule has 0 saturated heterocycles. The molecule has 13 nitrogen and oxygen atoms in total. The SMILES string of the molecule is COc1c(OCCCN(C)C)ccc2c1N=C(NC(=O)Oc1cnc(NCCN(C)C)nc1)N1CCN=C21. The summed E-state index contributed by atoms with van der Waals surface area (Å²) in [6.45, 7) is 4.13. The number of nitrogens with zero attached hydrogens (tertiary/aromatic N) is 7. The van der Waals surface area contributed by atoms with Crippen molar-refractivity contribution in [2.24, 2.45) is 9.98 Å². The number of hydrogen-bond acceptors (Lipinski definition) is 12. The summed E-state index contributed by atoms with van der Waals surface area (Å²) in [5.41, 5.74) is 1.35. The van der Waals surface area contributed by atoms with Crippen molar-refractivity contribution in [3.05, 3.63) is 30.1 Å². The second-order valence-electron chi connectivity index (χ2n) is 9.28. The molecule has 204 valence electrons. The van der Waals surface area contributed by atoms with Crippen LogP contribution in [0.5, 0.6) is 17.2 Å². The zero-order valence-electron chi connectivity index (χ0n) is 22.5. The molecule has 0 spiro atoms. The van der Waals surface area contributed by atoms with Crippen molar-refractivity contribution in [1.29, 1.82) is 0 Å². The van der Waals surface area contributed by atoms with Crippen LogP contribution in [0.1, 0.15) is 12.0 Å². The van der Waals surface area contributed by atoms with Gasteiger partial charge in [0.05, 0.1) is 32.7 Å². The molecule has 0 atom stereocenters. The second-order valence-corrected chi connectivity index (χ2v) is 9.28. The number of carbonyl (C=O) groups excluding carboxylic acids is 1. The van der Waals surface area contributed by atoms with E-state index < -0.39 is 6.09 Å². The van der Waals surface area contributed by atoms with Gasteiger partial charge in [-0.05, 0) is 46.7 Å². The lowest BCUT2D eigenvalue weighted by Gasteiger charge is -2.28. The molecule has 1 amide bonds. The summed E-state index contributed by atoms with van der Waals surface area (Å²) in [5, 5.41) is 5.84. The lowest BCUT2D eigenvalue weighted by atomic mass is 10.1. The van der Waals surface area contributed by atoms with E-state index in [4.69, 9.17) is 19.2 Å². The normalized spacial score (nSPS) is 14.0. The molecule has 0 saturated carbocycles. The Morgan fingerprint density at radius 1 is 1.11 bits per heavy atom. The highest BCUT2D eigenvalue weighted by Gasteiger charge is 2.33. The molecule has 0 fully saturated rings. The summed E-state index contributed by atoms with van der Waals surface area (Å²) in [6, 6.07) is 3.79. The van der Waals surface area contributed by atoms with Crippen molar-refractivity contribution in [1.82, 2.24) is 30.0 Å². The molecule has 2 aliphatic heterocycles. The molecular formula is C25H35N9O4. The van der Waals surface area contributed by atoms with Gasteiger partial charge in [-0.1, -0.05) is 0 Å². The first-order valence-electron chi connectivity index (χ1n) is 12.4. The van der Waals surface area contributed by atoms with E-state index in [1.807, 2.05) is 50.1 Å². The van der Waals surface area contributed by atoms with Crippen LogP contribution in [0.25, 0.3) is 0 Å². The number of benzene rings is 1. The summed E-state index contributed by atoms with van der Waals surface area (Å²) in [5.74, 6) is 2.74. The molecule has 2 N–H and O–H groups in total. The highest BCUT2D eigenvalue weighted by molar-refractivity contribution is 6.18. The number of aromatic nitrogens is 2. The largest absolute Gasteiger partial charge is 0.491 e. The molecule has 38 heavy (non-hydrogen) atoms. The van der Waals surface area contributed by atoms with Crippen LogP contribution >= 0.6 is 0 Å². The first-order valence-corrected chi connectivity index (χ1v) is 12.4. The lowest BCUT2D eigenvalue weighted by molar-refractivity contribution is 0.205. The van der Waals surface area contributed by atoms with Crippen molar-refractivity contribution in [2.75, 3.05) is 79.9 Å². The molecule has 13 heteroatoms. The Hall–Kier alpha value is -3.97. The minimum Gasteiger partial charge on any atom is -0.491 e. The van der Waals surface area contributed by atoms with Gasteiger partial charge in [-0.25, -0.2) is 19.8 Å². The Balaban J connectivity index is 1.46. The van der Waals surface area contributed by atoms with Gasteiger partial charge in [-0.2, -0.15) is 0 Å². The van der Waals surface area contributed by atoms with E-state index in [1.54, 1.807) is 7.11 Å². The quantitative estimate of drug-likeness (QED) is 0.418. The van der Waals surface area contributed by atoms with Crippen molar-refractivity contribution in [3.8, 4) is 17.2 Å². The van der Waals surface area contributed by atoms with Crippen LogP contribution in [0.3, 0.4) is 0 Å². The van der Waals surface area contributed by atoms with Gasteiger partial charge in [0.2, 0.25) is 11.9 Å². The third kappa shape index (κ3) is 6.66. The number of amidine groups is 1. The number of rotatable bonds is 11. The first-order chi connectivity index (χ1) is 18.4. The van der Waals surface area contributed by atoms with Crippen LogP contribution in [0, 0.1) is 0 Å². The van der Waals surface area contributed by atoms with E-state index >= 15 is 0 Å². The van der Waals surface area contributed by atoms with Crippen LogP contribution in [0.15, 0.2) is 34.5 Å². The molecule has 1 aromatic heterocycles. The maximum atomic E-state index is 12.7. The number of amides is 1. The van der Waals surface area contributed by atoms with E-state index in [1.165, 1.54) is 12.4 Å². The molecular weight excluding hydrogens is 490 g/mol. The summed E-state index contributed by atoms with van der Waals surface area (Å²) < 4.78 is 17.1. The summed E-state index contributed by atoms with van der Waals surface area (Å²) in [7, 11) is 9.59. The van der Waals surface area contributed by atoms with E-state index in [-0.39, 0.29) is 5.75 Å². The van der Waals surface area contributed by atoms with Gasteiger partial charge < -0.3 is 29.3 Å². The molecule has 0 radical (unpaired) electrons. The Morgan fingerprint density at radius 3 is 2.58 bits per heavy atom. The highest BCUT2D eigenvalue weighted by atomic mass is 16.6. The van der Waals surface area contributed by atoms with Gasteiger partial charge >= 0.3 is 6.09 Å². The van der Waals surface area contributed by atoms with E-state index in [9.17, 15) is 4.79 Å². The Bertz CT molecular complexity index is 1180. The molecule has 0 bridgehead atoms. The number of ether oxygens (including phenoxy) is 3. The number of hydrogen-bond donors (Lipinski definition) is 2. The van der Waals surface area contributed by atoms with Gasteiger partial charge in [0, 0.05) is 31.7 Å². The number of nitrogens with one attached hydrogen (secondary N) is 2. The Labute approximate surface area is 222 Å². The summed E-state index contributed by atoms with van der Waals surface area (Å²) >= 11 is 0. The van der Waals surface area contributed by atoms with Gasteiger partial charge in [0.25, 0.3) is 0 Å². The van der Waals surface area contributed by atoms with E-state index in [0.717, 1.165) is 25.1 Å². The van der Waals surface area contributed by atoms with Gasteiger partial charge in [0.1, 0.15) is 11.5 Å². The average Bonchev–Trinajstić information content (AvgIpc) is 3.38. The minimum atomic E-state index is -0.717. The van der Waals surface area contributed by atoms with Crippen LogP contribution in [-0.2, 0) is 0 Å². The number of fused-ring (bicyclic) bond motifs is 3. The third-order valence-electron chi connectivity index (χ3n) is 5.76.